The van der Waals surface area contributed by atoms with Crippen LogP contribution in [0.15, 0.2) is 40.3 Å². The Morgan fingerprint density at radius 1 is 1.24 bits per heavy atom. The van der Waals surface area contributed by atoms with Crippen LogP contribution in [-0.4, -0.2) is 22.1 Å². The summed E-state index contributed by atoms with van der Waals surface area (Å²) in [6.45, 7) is 0. The molecular formula is C13H10BrN3O3S. The lowest BCUT2D eigenvalue weighted by Crippen LogP contribution is -2.19. The van der Waals surface area contributed by atoms with Gasteiger partial charge in [0.25, 0.3) is 0 Å². The van der Waals surface area contributed by atoms with Gasteiger partial charge < -0.3 is 10.4 Å². The van der Waals surface area contributed by atoms with Crippen LogP contribution in [0.3, 0.4) is 0 Å². The number of hydrogen-bond acceptors (Lipinski definition) is 4. The number of aliphatic carboxylic acids is 1. The van der Waals surface area contributed by atoms with E-state index in [1.54, 1.807) is 30.5 Å². The number of nitrogens with one attached hydrogen (secondary N) is 2. The molecule has 0 radical (unpaired) electrons. The number of halogens is 1. The number of carbonyl (C=O) groups is 2. The SMILES string of the molecule is O=C(O)/C=C/c1ccc(NC(=O)Nc2ncc(Br)s2)cc1. The molecule has 0 atom stereocenters. The number of hydrogen-bond donors (Lipinski definition) is 3. The van der Waals surface area contributed by atoms with Gasteiger partial charge in [0.2, 0.25) is 0 Å². The lowest BCUT2D eigenvalue weighted by Gasteiger charge is -2.05. The zero-order chi connectivity index (χ0) is 15.2. The van der Waals surface area contributed by atoms with Crippen molar-refractivity contribution >= 4 is 56.2 Å². The molecule has 21 heavy (non-hydrogen) atoms. The molecule has 8 heteroatoms. The quantitative estimate of drug-likeness (QED) is 0.719. The van der Waals surface area contributed by atoms with Gasteiger partial charge in [0, 0.05) is 11.8 Å². The predicted molar refractivity (Wildman–Crippen MR) is 85.6 cm³/mol. The summed E-state index contributed by atoms with van der Waals surface area (Å²) in [6.07, 6.45) is 4.12. The molecule has 0 aliphatic rings. The second-order valence-electron chi connectivity index (χ2n) is 3.84. The highest BCUT2D eigenvalue weighted by Gasteiger charge is 2.05. The molecule has 0 bridgehead atoms. The van der Waals surface area contributed by atoms with Crippen molar-refractivity contribution in [1.29, 1.82) is 0 Å². The summed E-state index contributed by atoms with van der Waals surface area (Å²) in [7, 11) is 0. The summed E-state index contributed by atoms with van der Waals surface area (Å²) in [5.41, 5.74) is 1.32. The second-order valence-corrected chi connectivity index (χ2v) is 6.25. The molecule has 1 aromatic heterocycles. The van der Waals surface area contributed by atoms with Crippen LogP contribution in [-0.2, 0) is 4.79 Å². The minimum Gasteiger partial charge on any atom is -0.478 e. The molecule has 0 spiro atoms. The van der Waals surface area contributed by atoms with Gasteiger partial charge in [-0.15, -0.1) is 0 Å². The van der Waals surface area contributed by atoms with Crippen LogP contribution in [0, 0.1) is 0 Å². The maximum Gasteiger partial charge on any atom is 0.328 e. The van der Waals surface area contributed by atoms with Crippen LogP contribution < -0.4 is 10.6 Å². The van der Waals surface area contributed by atoms with E-state index in [-0.39, 0.29) is 0 Å². The summed E-state index contributed by atoms with van der Waals surface area (Å²) in [5, 5.41) is 14.3. The van der Waals surface area contributed by atoms with E-state index < -0.39 is 12.0 Å². The number of aromatic nitrogens is 1. The van der Waals surface area contributed by atoms with E-state index in [2.05, 4.69) is 31.5 Å². The van der Waals surface area contributed by atoms with Crippen molar-refractivity contribution < 1.29 is 14.7 Å². The summed E-state index contributed by atoms with van der Waals surface area (Å²) < 4.78 is 0.826. The standard InChI is InChI=1S/C13H10BrN3O3S/c14-10-7-15-13(21-10)17-12(20)16-9-4-1-8(2-5-9)3-6-11(18)19/h1-7H,(H,18,19)(H2,15,16,17,20)/b6-3+. The topological polar surface area (TPSA) is 91.3 Å². The molecular weight excluding hydrogens is 358 g/mol. The van der Waals surface area contributed by atoms with E-state index in [9.17, 15) is 9.59 Å². The normalized spacial score (nSPS) is 10.5. The third-order valence-electron chi connectivity index (χ3n) is 2.28. The zero-order valence-corrected chi connectivity index (χ0v) is 12.9. The minimum absolute atomic E-state index is 0.398. The molecule has 0 unspecified atom stereocenters. The number of benzene rings is 1. The smallest absolute Gasteiger partial charge is 0.328 e. The van der Waals surface area contributed by atoms with Crippen LogP contribution in [0.2, 0.25) is 0 Å². The van der Waals surface area contributed by atoms with Crippen LogP contribution in [0.5, 0.6) is 0 Å². The molecule has 1 heterocycles. The van der Waals surface area contributed by atoms with Gasteiger partial charge >= 0.3 is 12.0 Å². The monoisotopic (exact) mass is 367 g/mol. The molecule has 2 aromatic rings. The zero-order valence-electron chi connectivity index (χ0n) is 10.5. The Bertz CT molecular complexity index is 682. The molecule has 2 rings (SSSR count). The van der Waals surface area contributed by atoms with Gasteiger partial charge in [-0.25, -0.2) is 14.6 Å². The van der Waals surface area contributed by atoms with Gasteiger partial charge in [-0.1, -0.05) is 23.5 Å². The number of carboxylic acid groups (broad SMARTS) is 1. The Hall–Kier alpha value is -2.19. The first-order valence-corrected chi connectivity index (χ1v) is 7.34. The van der Waals surface area contributed by atoms with Gasteiger partial charge in [0.15, 0.2) is 5.13 Å². The van der Waals surface area contributed by atoms with Crippen molar-refractivity contribution in [2.75, 3.05) is 10.6 Å². The molecule has 0 fully saturated rings. The van der Waals surface area contributed by atoms with Crippen LogP contribution in [0.1, 0.15) is 5.56 Å². The lowest BCUT2D eigenvalue weighted by atomic mass is 10.2. The molecule has 6 nitrogen and oxygen atoms in total. The fourth-order valence-electron chi connectivity index (χ4n) is 1.42. The fourth-order valence-corrected chi connectivity index (χ4v) is 2.52. The molecule has 0 aliphatic heterocycles. The minimum atomic E-state index is -1.01. The second kappa shape index (κ2) is 7.00. The number of anilines is 2. The first-order valence-electron chi connectivity index (χ1n) is 5.73. The summed E-state index contributed by atoms with van der Waals surface area (Å²) in [6, 6.07) is 6.37. The Morgan fingerprint density at radius 2 is 1.95 bits per heavy atom. The highest BCUT2D eigenvalue weighted by molar-refractivity contribution is 9.11. The van der Waals surface area contributed by atoms with E-state index in [0.717, 1.165) is 15.4 Å². The van der Waals surface area contributed by atoms with Gasteiger partial charge in [0.1, 0.15) is 0 Å². The van der Waals surface area contributed by atoms with Crippen molar-refractivity contribution in [3.05, 3.63) is 45.9 Å². The van der Waals surface area contributed by atoms with Crippen molar-refractivity contribution in [2.24, 2.45) is 0 Å². The summed E-state index contributed by atoms with van der Waals surface area (Å²) in [4.78, 5) is 26.1. The van der Waals surface area contributed by atoms with Gasteiger partial charge in [-0.2, -0.15) is 0 Å². The Labute approximate surface area is 132 Å². The third-order valence-corrected chi connectivity index (χ3v) is 3.68. The Kier molecular flexibility index (Phi) is 5.07. The molecule has 2 amide bonds. The Morgan fingerprint density at radius 3 is 2.52 bits per heavy atom. The van der Waals surface area contributed by atoms with E-state index in [1.807, 2.05) is 0 Å². The number of urea groups is 1. The van der Waals surface area contributed by atoms with Gasteiger partial charge in [-0.05, 0) is 39.7 Å². The number of nitrogens with zero attached hydrogens (tertiary/aromatic N) is 1. The first kappa shape index (κ1) is 15.2. The molecule has 3 N–H and O–H groups in total. The number of carbonyl (C=O) groups excluding carboxylic acids is 1. The maximum absolute atomic E-state index is 11.7. The molecule has 0 saturated carbocycles. The summed E-state index contributed by atoms with van der Waals surface area (Å²) in [5.74, 6) is -1.01. The molecule has 1 aromatic carbocycles. The lowest BCUT2D eigenvalue weighted by molar-refractivity contribution is -0.131. The Balaban J connectivity index is 1.93. The summed E-state index contributed by atoms with van der Waals surface area (Å²) >= 11 is 4.57. The largest absolute Gasteiger partial charge is 0.478 e. The van der Waals surface area contributed by atoms with Crippen LogP contribution >= 0.6 is 27.3 Å². The number of carboxylic acids is 1. The van der Waals surface area contributed by atoms with Gasteiger partial charge in [0.05, 0.1) is 9.98 Å². The predicted octanol–water partition coefficient (Wildman–Crippen LogP) is 3.65. The van der Waals surface area contributed by atoms with Crippen molar-refractivity contribution in [1.82, 2.24) is 4.98 Å². The highest BCUT2D eigenvalue weighted by atomic mass is 79.9. The van der Waals surface area contributed by atoms with Crippen LogP contribution in [0.4, 0.5) is 15.6 Å². The number of thiazole rings is 1. The van der Waals surface area contributed by atoms with E-state index in [0.29, 0.717) is 10.8 Å². The van der Waals surface area contributed by atoms with Gasteiger partial charge in [-0.3, -0.25) is 5.32 Å². The molecule has 108 valence electrons. The van der Waals surface area contributed by atoms with E-state index in [4.69, 9.17) is 5.11 Å². The number of amides is 2. The fraction of sp³-hybridized carbons (Fsp3) is 0. The first-order chi connectivity index (χ1) is 10.0. The maximum atomic E-state index is 11.7. The van der Waals surface area contributed by atoms with Crippen molar-refractivity contribution in [2.45, 2.75) is 0 Å². The average molecular weight is 368 g/mol. The van der Waals surface area contributed by atoms with E-state index in [1.165, 1.54) is 17.4 Å². The average Bonchev–Trinajstić information content (AvgIpc) is 2.83. The molecule has 0 saturated heterocycles. The third kappa shape index (κ3) is 5.01. The van der Waals surface area contributed by atoms with Crippen molar-refractivity contribution in [3.8, 4) is 0 Å². The molecule has 0 aliphatic carbocycles. The van der Waals surface area contributed by atoms with Crippen molar-refractivity contribution in [3.63, 3.8) is 0 Å². The van der Waals surface area contributed by atoms with E-state index >= 15 is 0 Å². The number of rotatable bonds is 4. The van der Waals surface area contributed by atoms with Crippen LogP contribution in [0.25, 0.3) is 6.08 Å². The highest BCUT2D eigenvalue weighted by Crippen LogP contribution is 2.23.